The van der Waals surface area contributed by atoms with Crippen LogP contribution < -0.4 is 4.90 Å². The molecular formula is C11H11FN2O2S. The van der Waals surface area contributed by atoms with Gasteiger partial charge in [-0.3, -0.25) is 0 Å². The van der Waals surface area contributed by atoms with Crippen LogP contribution >= 0.6 is 0 Å². The highest BCUT2D eigenvalue weighted by Gasteiger charge is 2.25. The molecule has 0 bridgehead atoms. The van der Waals surface area contributed by atoms with Crippen LogP contribution in [0.4, 0.5) is 10.1 Å². The Morgan fingerprint density at radius 3 is 2.53 bits per heavy atom. The van der Waals surface area contributed by atoms with Crippen LogP contribution in [0, 0.1) is 17.1 Å². The molecular weight excluding hydrogens is 243 g/mol. The van der Waals surface area contributed by atoms with Crippen LogP contribution in [0.3, 0.4) is 0 Å². The van der Waals surface area contributed by atoms with Crippen molar-refractivity contribution < 1.29 is 12.8 Å². The fraction of sp³-hybridized carbons (Fsp3) is 0.364. The van der Waals surface area contributed by atoms with Gasteiger partial charge in [0.2, 0.25) is 0 Å². The summed E-state index contributed by atoms with van der Waals surface area (Å²) in [7, 11) is -3.00. The smallest absolute Gasteiger partial charge is 0.153 e. The molecule has 1 fully saturated rings. The highest BCUT2D eigenvalue weighted by atomic mass is 32.2. The lowest BCUT2D eigenvalue weighted by molar-refractivity contribution is 0.581. The van der Waals surface area contributed by atoms with Crippen molar-refractivity contribution in [3.05, 3.63) is 29.6 Å². The van der Waals surface area contributed by atoms with Gasteiger partial charge >= 0.3 is 0 Å². The van der Waals surface area contributed by atoms with Crippen LogP contribution in [0.15, 0.2) is 18.2 Å². The minimum atomic E-state index is -3.00. The lowest BCUT2D eigenvalue weighted by Crippen LogP contribution is -2.41. The number of halogens is 1. The Bertz CT molecular complexity index is 564. The van der Waals surface area contributed by atoms with Gasteiger partial charge < -0.3 is 4.90 Å². The fourth-order valence-corrected chi connectivity index (χ4v) is 3.06. The second kappa shape index (κ2) is 4.34. The molecule has 0 atom stereocenters. The second-order valence-electron chi connectivity index (χ2n) is 3.89. The first-order valence-electron chi connectivity index (χ1n) is 5.17. The van der Waals surface area contributed by atoms with Crippen molar-refractivity contribution in [1.82, 2.24) is 0 Å². The lowest BCUT2D eigenvalue weighted by Gasteiger charge is -2.29. The normalized spacial score (nSPS) is 18.7. The summed E-state index contributed by atoms with van der Waals surface area (Å²) in [6.07, 6.45) is 0. The summed E-state index contributed by atoms with van der Waals surface area (Å²) in [5.41, 5.74) is 0.453. The van der Waals surface area contributed by atoms with E-state index in [0.717, 1.165) is 0 Å². The predicted octanol–water partition coefficient (Wildman–Crippen LogP) is 0.932. The highest BCUT2D eigenvalue weighted by Crippen LogP contribution is 2.25. The van der Waals surface area contributed by atoms with Crippen molar-refractivity contribution in [3.8, 4) is 6.07 Å². The maximum atomic E-state index is 13.7. The fourth-order valence-electron chi connectivity index (χ4n) is 1.86. The third-order valence-corrected chi connectivity index (χ3v) is 4.38. The summed E-state index contributed by atoms with van der Waals surface area (Å²) in [5, 5.41) is 8.91. The van der Waals surface area contributed by atoms with Crippen LogP contribution in [0.2, 0.25) is 0 Å². The van der Waals surface area contributed by atoms with Crippen molar-refractivity contribution in [2.75, 3.05) is 29.5 Å². The Morgan fingerprint density at radius 2 is 1.94 bits per heavy atom. The SMILES string of the molecule is N#Cc1cccc(F)c1N1CCS(=O)(=O)CC1. The monoisotopic (exact) mass is 254 g/mol. The molecule has 0 unspecified atom stereocenters. The third-order valence-electron chi connectivity index (χ3n) is 2.77. The first-order valence-corrected chi connectivity index (χ1v) is 6.99. The molecule has 0 amide bonds. The summed E-state index contributed by atoms with van der Waals surface area (Å²) in [6, 6.07) is 6.20. The zero-order chi connectivity index (χ0) is 12.5. The number of sulfone groups is 1. The van der Waals surface area contributed by atoms with E-state index in [1.165, 1.54) is 18.2 Å². The molecule has 0 spiro atoms. The first-order chi connectivity index (χ1) is 8.03. The van der Waals surface area contributed by atoms with Gasteiger partial charge in [-0.05, 0) is 12.1 Å². The van der Waals surface area contributed by atoms with Crippen LogP contribution in [0.1, 0.15) is 5.56 Å². The Labute approximate surface area is 99.2 Å². The molecule has 1 heterocycles. The van der Waals surface area contributed by atoms with E-state index in [0.29, 0.717) is 0 Å². The second-order valence-corrected chi connectivity index (χ2v) is 6.19. The molecule has 0 aliphatic carbocycles. The molecule has 6 heteroatoms. The van der Waals surface area contributed by atoms with E-state index >= 15 is 0 Å². The third kappa shape index (κ3) is 2.39. The highest BCUT2D eigenvalue weighted by molar-refractivity contribution is 7.91. The van der Waals surface area contributed by atoms with Crippen molar-refractivity contribution in [3.63, 3.8) is 0 Å². The number of nitriles is 1. The Balaban J connectivity index is 2.34. The van der Waals surface area contributed by atoms with Gasteiger partial charge in [-0.15, -0.1) is 0 Å². The standard InChI is InChI=1S/C11H11FN2O2S/c12-10-3-1-2-9(8-13)11(10)14-4-6-17(15,16)7-5-14/h1-3H,4-7H2. The minimum absolute atomic E-state index is 0.00615. The summed E-state index contributed by atoms with van der Waals surface area (Å²) in [4.78, 5) is 1.62. The molecule has 90 valence electrons. The average molecular weight is 254 g/mol. The molecule has 4 nitrogen and oxygen atoms in total. The van der Waals surface area contributed by atoms with E-state index in [2.05, 4.69) is 0 Å². The van der Waals surface area contributed by atoms with E-state index in [9.17, 15) is 12.8 Å². The van der Waals surface area contributed by atoms with Crippen molar-refractivity contribution in [2.45, 2.75) is 0 Å². The molecule has 1 aliphatic rings. The maximum absolute atomic E-state index is 13.7. The van der Waals surface area contributed by atoms with Gasteiger partial charge in [-0.25, -0.2) is 12.8 Å². The van der Waals surface area contributed by atoms with Crippen molar-refractivity contribution in [2.24, 2.45) is 0 Å². The van der Waals surface area contributed by atoms with Gasteiger partial charge in [0.25, 0.3) is 0 Å². The average Bonchev–Trinajstić information content (AvgIpc) is 2.29. The largest absolute Gasteiger partial charge is 0.366 e. The van der Waals surface area contributed by atoms with E-state index in [4.69, 9.17) is 5.26 Å². The van der Waals surface area contributed by atoms with Crippen molar-refractivity contribution >= 4 is 15.5 Å². The molecule has 0 saturated carbocycles. The summed E-state index contributed by atoms with van der Waals surface area (Å²) in [6.45, 7) is 0.468. The predicted molar refractivity (Wildman–Crippen MR) is 62.0 cm³/mol. The van der Waals surface area contributed by atoms with Gasteiger partial charge in [0.15, 0.2) is 9.84 Å². The molecule has 2 rings (SSSR count). The Kier molecular flexibility index (Phi) is 3.03. The maximum Gasteiger partial charge on any atom is 0.153 e. The number of hydrogen-bond donors (Lipinski definition) is 0. The zero-order valence-electron chi connectivity index (χ0n) is 9.06. The van der Waals surface area contributed by atoms with Crippen molar-refractivity contribution in [1.29, 1.82) is 5.26 Å². The number of benzene rings is 1. The molecule has 1 aliphatic heterocycles. The molecule has 0 N–H and O–H groups in total. The summed E-state index contributed by atoms with van der Waals surface area (Å²) < 4.78 is 36.2. The number of hydrogen-bond acceptors (Lipinski definition) is 4. The Morgan fingerprint density at radius 1 is 1.29 bits per heavy atom. The summed E-state index contributed by atoms with van der Waals surface area (Å²) >= 11 is 0. The Hall–Kier alpha value is -1.61. The van der Waals surface area contributed by atoms with Gasteiger partial charge in [0, 0.05) is 13.1 Å². The summed E-state index contributed by atoms with van der Waals surface area (Å²) in [5.74, 6) is -0.471. The van der Waals surface area contributed by atoms with Gasteiger partial charge in [0.1, 0.15) is 11.9 Å². The molecule has 17 heavy (non-hydrogen) atoms. The van der Waals surface area contributed by atoms with E-state index in [1.54, 1.807) is 4.90 Å². The minimum Gasteiger partial charge on any atom is -0.366 e. The van der Waals surface area contributed by atoms with Gasteiger partial charge in [-0.2, -0.15) is 5.26 Å². The number of rotatable bonds is 1. The zero-order valence-corrected chi connectivity index (χ0v) is 9.87. The van der Waals surface area contributed by atoms with E-state index in [1.807, 2.05) is 6.07 Å². The van der Waals surface area contributed by atoms with Crippen LogP contribution in [0.5, 0.6) is 0 Å². The first kappa shape index (κ1) is 11.9. The van der Waals surface area contributed by atoms with Crippen LogP contribution in [0.25, 0.3) is 0 Å². The van der Waals surface area contributed by atoms with Crippen LogP contribution in [-0.4, -0.2) is 33.0 Å². The molecule has 1 saturated heterocycles. The number of anilines is 1. The van der Waals surface area contributed by atoms with Crippen LogP contribution in [-0.2, 0) is 9.84 Å². The topological polar surface area (TPSA) is 61.2 Å². The molecule has 0 radical (unpaired) electrons. The molecule has 1 aromatic rings. The van der Waals surface area contributed by atoms with Gasteiger partial charge in [-0.1, -0.05) is 6.07 Å². The van der Waals surface area contributed by atoms with Gasteiger partial charge in [0.05, 0.1) is 22.8 Å². The number of nitrogens with zero attached hydrogens (tertiary/aromatic N) is 2. The lowest BCUT2D eigenvalue weighted by atomic mass is 10.1. The molecule has 1 aromatic carbocycles. The van der Waals surface area contributed by atoms with E-state index < -0.39 is 15.7 Å². The number of para-hydroxylation sites is 1. The quantitative estimate of drug-likeness (QED) is 0.748. The van der Waals surface area contributed by atoms with E-state index in [-0.39, 0.29) is 35.8 Å². The molecule has 0 aromatic heterocycles.